The molecule has 0 unspecified atom stereocenters. The zero-order valence-electron chi connectivity index (χ0n) is 13.2. The van der Waals surface area contributed by atoms with Crippen molar-refractivity contribution >= 4 is 43.4 Å². The van der Waals surface area contributed by atoms with Gasteiger partial charge in [-0.1, -0.05) is 35.6 Å². The highest BCUT2D eigenvalue weighted by atomic mass is 32.1. The summed E-state index contributed by atoms with van der Waals surface area (Å²) in [7, 11) is 0. The van der Waals surface area contributed by atoms with Gasteiger partial charge in [0.15, 0.2) is 5.13 Å². The molecule has 0 atom stereocenters. The van der Waals surface area contributed by atoms with Gasteiger partial charge in [0.05, 0.1) is 10.2 Å². The van der Waals surface area contributed by atoms with Crippen molar-refractivity contribution in [3.05, 3.63) is 71.0 Å². The number of amides is 1. The van der Waals surface area contributed by atoms with Crippen LogP contribution in [0.5, 0.6) is 0 Å². The van der Waals surface area contributed by atoms with Crippen LogP contribution in [0, 0.1) is 5.82 Å². The number of fused-ring (bicyclic) bond motifs is 2. The number of hydrogen-bond donors (Lipinski definition) is 1. The summed E-state index contributed by atoms with van der Waals surface area (Å²) in [6.45, 7) is 0. The van der Waals surface area contributed by atoms with E-state index in [9.17, 15) is 9.18 Å². The fourth-order valence-corrected chi connectivity index (χ4v) is 4.50. The number of hydrogen-bond acceptors (Lipinski definition) is 3. The summed E-state index contributed by atoms with van der Waals surface area (Å²) in [6, 6.07) is 14.2. The Hall–Kier alpha value is -2.79. The van der Waals surface area contributed by atoms with Crippen molar-refractivity contribution in [1.29, 1.82) is 0 Å². The van der Waals surface area contributed by atoms with E-state index in [-0.39, 0.29) is 11.5 Å². The maximum absolute atomic E-state index is 13.3. The minimum absolute atomic E-state index is 0.285. The third-order valence-corrected chi connectivity index (χ3v) is 5.57. The van der Waals surface area contributed by atoms with E-state index in [2.05, 4.69) is 34.6 Å². The van der Waals surface area contributed by atoms with Gasteiger partial charge in [-0.25, -0.2) is 9.37 Å². The number of rotatable bonds is 2. The molecule has 0 bridgehead atoms. The number of halogens is 1. The van der Waals surface area contributed by atoms with Crippen LogP contribution in [-0.4, -0.2) is 10.9 Å². The van der Waals surface area contributed by atoms with E-state index in [1.807, 2.05) is 0 Å². The van der Waals surface area contributed by atoms with Crippen molar-refractivity contribution in [3.63, 3.8) is 0 Å². The molecule has 5 heteroatoms. The van der Waals surface area contributed by atoms with Gasteiger partial charge >= 0.3 is 0 Å². The fraction of sp³-hybridized carbons (Fsp3) is 0.100. The van der Waals surface area contributed by atoms with Crippen LogP contribution >= 0.6 is 11.3 Å². The number of benzene rings is 3. The predicted octanol–water partition coefficient (Wildman–Crippen LogP) is 4.94. The first kappa shape index (κ1) is 14.5. The van der Waals surface area contributed by atoms with Gasteiger partial charge < -0.3 is 0 Å². The molecular weight excluding hydrogens is 335 g/mol. The van der Waals surface area contributed by atoms with Crippen molar-refractivity contribution in [2.45, 2.75) is 12.8 Å². The van der Waals surface area contributed by atoms with Crippen molar-refractivity contribution in [2.75, 3.05) is 5.32 Å². The molecule has 1 N–H and O–H groups in total. The highest BCUT2D eigenvalue weighted by molar-refractivity contribution is 7.22. The first-order chi connectivity index (χ1) is 12.2. The number of carbonyl (C=O) groups excluding carboxylic acids is 1. The van der Waals surface area contributed by atoms with Crippen LogP contribution in [0.2, 0.25) is 0 Å². The lowest BCUT2D eigenvalue weighted by Gasteiger charge is -2.02. The number of nitrogens with zero attached hydrogens (tertiary/aromatic N) is 1. The lowest BCUT2D eigenvalue weighted by Crippen LogP contribution is -2.11. The molecule has 3 aromatic carbocycles. The highest BCUT2D eigenvalue weighted by Crippen LogP contribution is 2.39. The van der Waals surface area contributed by atoms with Gasteiger partial charge in [0.25, 0.3) is 5.91 Å². The number of aromatic nitrogens is 1. The summed E-state index contributed by atoms with van der Waals surface area (Å²) in [5, 5.41) is 5.78. The molecule has 25 heavy (non-hydrogen) atoms. The second-order valence-electron chi connectivity index (χ2n) is 6.21. The maximum Gasteiger partial charge on any atom is 0.257 e. The summed E-state index contributed by atoms with van der Waals surface area (Å²) < 4.78 is 14.4. The Morgan fingerprint density at radius 1 is 1.08 bits per heavy atom. The number of aryl methyl sites for hydroxylation is 2. The average Bonchev–Trinajstić information content (AvgIpc) is 3.20. The molecule has 1 amide bonds. The van der Waals surface area contributed by atoms with E-state index >= 15 is 0 Å². The number of anilines is 1. The summed E-state index contributed by atoms with van der Waals surface area (Å²) in [4.78, 5) is 17.0. The van der Waals surface area contributed by atoms with Crippen LogP contribution in [0.1, 0.15) is 21.5 Å². The molecule has 0 spiro atoms. The molecule has 0 radical (unpaired) electrons. The first-order valence-electron chi connectivity index (χ1n) is 8.10. The Morgan fingerprint density at radius 2 is 1.92 bits per heavy atom. The van der Waals surface area contributed by atoms with Gasteiger partial charge in [-0.2, -0.15) is 0 Å². The summed E-state index contributed by atoms with van der Waals surface area (Å²) in [5.74, 6) is -0.780. The van der Waals surface area contributed by atoms with Crippen molar-refractivity contribution in [1.82, 2.24) is 4.98 Å². The average molecular weight is 348 g/mol. The van der Waals surface area contributed by atoms with Gasteiger partial charge in [-0.3, -0.25) is 10.1 Å². The molecule has 1 aromatic heterocycles. The molecule has 1 heterocycles. The van der Waals surface area contributed by atoms with Crippen molar-refractivity contribution in [3.8, 4) is 0 Å². The zero-order chi connectivity index (χ0) is 17.0. The first-order valence-corrected chi connectivity index (χ1v) is 8.91. The van der Waals surface area contributed by atoms with Gasteiger partial charge in [-0.15, -0.1) is 0 Å². The van der Waals surface area contributed by atoms with Crippen LogP contribution in [0.4, 0.5) is 9.52 Å². The summed E-state index contributed by atoms with van der Waals surface area (Å²) >= 11 is 1.46. The Morgan fingerprint density at radius 3 is 2.80 bits per heavy atom. The summed E-state index contributed by atoms with van der Waals surface area (Å²) in [5.41, 5.74) is 3.92. The fourth-order valence-electron chi connectivity index (χ4n) is 3.56. The molecular formula is C20H13FN2OS. The number of carbonyl (C=O) groups is 1. The number of thiazole rings is 1. The molecule has 0 saturated carbocycles. The molecule has 0 fully saturated rings. The van der Waals surface area contributed by atoms with Crippen LogP contribution in [0.15, 0.2) is 48.5 Å². The Kier molecular flexibility index (Phi) is 3.12. The smallest absolute Gasteiger partial charge is 0.257 e. The molecule has 0 aliphatic heterocycles. The topological polar surface area (TPSA) is 42.0 Å². The van der Waals surface area contributed by atoms with Crippen LogP contribution in [-0.2, 0) is 12.8 Å². The normalized spacial score (nSPS) is 12.8. The molecule has 5 rings (SSSR count). The molecule has 3 nitrogen and oxygen atoms in total. The standard InChI is InChI=1S/C20H13FN2OS/c21-14-5-1-4-13(9-14)19(24)23-20-22-18-15-6-2-3-11-7-8-12(17(11)15)10-16(18)25-20/h1-6,9-10H,7-8H2,(H,22,23,24). The van der Waals surface area contributed by atoms with Gasteiger partial charge in [-0.05, 0) is 53.6 Å². The van der Waals surface area contributed by atoms with Gasteiger partial charge in [0.2, 0.25) is 0 Å². The quantitative estimate of drug-likeness (QED) is 0.557. The van der Waals surface area contributed by atoms with E-state index < -0.39 is 5.82 Å². The number of nitrogens with one attached hydrogen (secondary N) is 1. The van der Waals surface area contributed by atoms with Gasteiger partial charge in [0.1, 0.15) is 5.82 Å². The van der Waals surface area contributed by atoms with Crippen molar-refractivity contribution < 1.29 is 9.18 Å². The zero-order valence-corrected chi connectivity index (χ0v) is 14.0. The Balaban J connectivity index is 1.58. The Labute approximate surface area is 147 Å². The van der Waals surface area contributed by atoms with Crippen LogP contribution in [0.3, 0.4) is 0 Å². The highest BCUT2D eigenvalue weighted by Gasteiger charge is 2.19. The predicted molar refractivity (Wildman–Crippen MR) is 98.9 cm³/mol. The maximum atomic E-state index is 13.3. The van der Waals surface area contributed by atoms with Gasteiger partial charge in [0, 0.05) is 10.9 Å². The molecule has 122 valence electrons. The van der Waals surface area contributed by atoms with Crippen LogP contribution in [0.25, 0.3) is 21.0 Å². The largest absolute Gasteiger partial charge is 0.298 e. The minimum atomic E-state index is -0.428. The monoisotopic (exact) mass is 348 g/mol. The van der Waals surface area contributed by atoms with E-state index in [0.717, 1.165) is 28.4 Å². The van der Waals surface area contributed by atoms with Crippen LogP contribution < -0.4 is 5.32 Å². The SMILES string of the molecule is O=C(Nc1nc2c(cc3c4c(cccc42)CC3)s1)c1cccc(F)c1. The van der Waals surface area contributed by atoms with Crippen molar-refractivity contribution in [2.24, 2.45) is 0 Å². The minimum Gasteiger partial charge on any atom is -0.298 e. The second kappa shape index (κ2) is 5.36. The lowest BCUT2D eigenvalue weighted by atomic mass is 10.0. The Bertz CT molecular complexity index is 1170. The van der Waals surface area contributed by atoms with E-state index in [1.165, 1.54) is 46.0 Å². The van der Waals surface area contributed by atoms with E-state index in [1.54, 1.807) is 6.07 Å². The third kappa shape index (κ3) is 2.31. The lowest BCUT2D eigenvalue weighted by molar-refractivity contribution is 0.102. The summed E-state index contributed by atoms with van der Waals surface area (Å²) in [6.07, 6.45) is 2.13. The third-order valence-electron chi connectivity index (χ3n) is 4.66. The van der Waals surface area contributed by atoms with E-state index in [4.69, 9.17) is 0 Å². The van der Waals surface area contributed by atoms with E-state index in [0.29, 0.717) is 5.13 Å². The molecule has 1 aliphatic rings. The molecule has 0 saturated heterocycles. The second-order valence-corrected chi connectivity index (χ2v) is 7.24. The molecule has 4 aromatic rings. The molecule has 1 aliphatic carbocycles.